The van der Waals surface area contributed by atoms with E-state index in [0.717, 1.165) is 12.1 Å². The fourth-order valence-electron chi connectivity index (χ4n) is 3.79. The number of hydrogen-bond acceptors (Lipinski definition) is 5. The third-order valence-corrected chi connectivity index (χ3v) is 5.45. The predicted molar refractivity (Wildman–Crippen MR) is 117 cm³/mol. The summed E-state index contributed by atoms with van der Waals surface area (Å²) in [6.45, 7) is 1.58. The Morgan fingerprint density at radius 3 is 2.30 bits per heavy atom. The van der Waals surface area contributed by atoms with Crippen molar-refractivity contribution in [3.63, 3.8) is 0 Å². The number of likely N-dealkylation sites (N-methyl/N-ethyl adjacent to an activating group) is 1. The molecule has 2 aromatic rings. The first kappa shape index (κ1) is 24.2. The molecule has 0 aliphatic carbocycles. The quantitative estimate of drug-likeness (QED) is 0.668. The second-order valence-corrected chi connectivity index (χ2v) is 7.97. The summed E-state index contributed by atoms with van der Waals surface area (Å²) in [6, 6.07) is 8.40. The predicted octanol–water partition coefficient (Wildman–Crippen LogP) is 1.88. The maximum atomic E-state index is 13.7. The van der Waals surface area contributed by atoms with Crippen molar-refractivity contribution in [1.82, 2.24) is 9.80 Å². The molecule has 1 aliphatic heterocycles. The van der Waals surface area contributed by atoms with Gasteiger partial charge in [-0.2, -0.15) is 0 Å². The molecule has 3 amide bonds. The van der Waals surface area contributed by atoms with Gasteiger partial charge in [0.2, 0.25) is 11.8 Å². The van der Waals surface area contributed by atoms with Gasteiger partial charge in [-0.15, -0.1) is 0 Å². The van der Waals surface area contributed by atoms with Crippen LogP contribution >= 0.6 is 0 Å². The largest absolute Gasteiger partial charge is 0.378 e. The van der Waals surface area contributed by atoms with Crippen molar-refractivity contribution >= 4 is 17.7 Å². The van der Waals surface area contributed by atoms with Crippen LogP contribution in [0.1, 0.15) is 30.1 Å². The Hall–Kier alpha value is -3.43. The van der Waals surface area contributed by atoms with Gasteiger partial charge in [0.05, 0.1) is 6.04 Å². The lowest BCUT2D eigenvalue weighted by molar-refractivity contribution is -0.160. The molecule has 0 fully saturated rings. The number of nitrogens with zero attached hydrogens (tertiary/aromatic N) is 2. The third kappa shape index (κ3) is 5.15. The second-order valence-electron chi connectivity index (χ2n) is 7.97. The van der Waals surface area contributed by atoms with E-state index in [2.05, 4.69) is 0 Å². The number of amides is 3. The molecule has 3 rings (SSSR count). The molecule has 2 aromatic carbocycles. The zero-order valence-corrected chi connectivity index (χ0v) is 18.2. The first-order valence-electron chi connectivity index (χ1n) is 10.3. The van der Waals surface area contributed by atoms with Crippen LogP contribution < -0.4 is 5.73 Å². The normalized spacial score (nSPS) is 20.2. The van der Waals surface area contributed by atoms with Crippen LogP contribution in [-0.4, -0.2) is 58.3 Å². The van der Waals surface area contributed by atoms with Crippen LogP contribution in [0, 0.1) is 11.6 Å². The van der Waals surface area contributed by atoms with Crippen molar-refractivity contribution in [1.29, 1.82) is 0 Å². The number of imide groups is 1. The fraction of sp³-hybridized carbons (Fsp3) is 0.292. The maximum Gasteiger partial charge on any atom is 0.263 e. The van der Waals surface area contributed by atoms with E-state index in [1.807, 2.05) is 0 Å². The molecule has 3 N–H and O–H groups in total. The van der Waals surface area contributed by atoms with Crippen LogP contribution in [0.5, 0.6) is 0 Å². The molecule has 0 radical (unpaired) electrons. The van der Waals surface area contributed by atoms with E-state index >= 15 is 0 Å². The fourth-order valence-corrected chi connectivity index (χ4v) is 3.79. The monoisotopic (exact) mass is 457 g/mol. The Morgan fingerprint density at radius 1 is 1.12 bits per heavy atom. The Bertz CT molecular complexity index is 1050. The Labute approximate surface area is 190 Å². The van der Waals surface area contributed by atoms with E-state index in [0.29, 0.717) is 16.5 Å². The molecule has 9 heteroatoms. The van der Waals surface area contributed by atoms with Crippen molar-refractivity contribution in [2.45, 2.75) is 31.0 Å². The molecule has 7 nitrogen and oxygen atoms in total. The molecular formula is C24H25F2N3O4. The summed E-state index contributed by atoms with van der Waals surface area (Å²) in [6.07, 6.45) is 1.36. The molecule has 0 saturated carbocycles. The summed E-state index contributed by atoms with van der Waals surface area (Å²) in [7, 11) is 1.52. The van der Waals surface area contributed by atoms with Crippen LogP contribution in [0.2, 0.25) is 0 Å². The van der Waals surface area contributed by atoms with E-state index in [1.165, 1.54) is 18.9 Å². The minimum absolute atomic E-state index is 0.241. The summed E-state index contributed by atoms with van der Waals surface area (Å²) in [5.74, 6) is -5.39. The van der Waals surface area contributed by atoms with Crippen molar-refractivity contribution in [2.24, 2.45) is 5.73 Å². The van der Waals surface area contributed by atoms with Crippen LogP contribution in [0.4, 0.5) is 8.78 Å². The molecule has 174 valence electrons. The average molecular weight is 457 g/mol. The van der Waals surface area contributed by atoms with Crippen LogP contribution in [0.15, 0.2) is 60.7 Å². The highest BCUT2D eigenvalue weighted by atomic mass is 19.1. The van der Waals surface area contributed by atoms with Crippen molar-refractivity contribution in [3.05, 3.63) is 83.4 Å². The number of carbonyl (C=O) groups excluding carboxylic acids is 3. The molecule has 0 spiro atoms. The topological polar surface area (TPSA) is 104 Å². The van der Waals surface area contributed by atoms with Gasteiger partial charge in [0.25, 0.3) is 5.91 Å². The highest BCUT2D eigenvalue weighted by Crippen LogP contribution is 2.31. The number of halogens is 2. The number of rotatable bonds is 5. The summed E-state index contributed by atoms with van der Waals surface area (Å²) in [5, 5.41) is 10.7. The molecule has 1 heterocycles. The van der Waals surface area contributed by atoms with Gasteiger partial charge in [-0.25, -0.2) is 8.78 Å². The zero-order chi connectivity index (χ0) is 24.3. The van der Waals surface area contributed by atoms with Gasteiger partial charge in [-0.3, -0.25) is 19.3 Å². The lowest BCUT2D eigenvalue weighted by Crippen LogP contribution is -2.58. The van der Waals surface area contributed by atoms with Gasteiger partial charge in [-0.1, -0.05) is 42.5 Å². The Balaban J connectivity index is 2.13. The highest BCUT2D eigenvalue weighted by molar-refractivity contribution is 6.04. The molecular weight excluding hydrogens is 432 g/mol. The van der Waals surface area contributed by atoms with E-state index in [4.69, 9.17) is 5.73 Å². The SMILES string of the molecule is C[C@H](N)C(=O)N(C(=O)[C@H](O)c1cc(F)cc(F)c1)[C@@H]1C(=O)N(C)CC=C[C@H]1c1ccccc1. The minimum Gasteiger partial charge on any atom is -0.378 e. The van der Waals surface area contributed by atoms with Gasteiger partial charge in [0.1, 0.15) is 17.7 Å². The van der Waals surface area contributed by atoms with E-state index in [-0.39, 0.29) is 12.1 Å². The molecule has 4 atom stereocenters. The van der Waals surface area contributed by atoms with Gasteiger partial charge >= 0.3 is 0 Å². The zero-order valence-electron chi connectivity index (χ0n) is 18.2. The maximum absolute atomic E-state index is 13.7. The van der Waals surface area contributed by atoms with Gasteiger partial charge in [0, 0.05) is 25.6 Å². The lowest BCUT2D eigenvalue weighted by atomic mass is 9.88. The molecule has 0 unspecified atom stereocenters. The summed E-state index contributed by atoms with van der Waals surface area (Å²) >= 11 is 0. The van der Waals surface area contributed by atoms with Crippen LogP contribution in [0.25, 0.3) is 0 Å². The molecule has 0 bridgehead atoms. The van der Waals surface area contributed by atoms with Crippen molar-refractivity contribution in [3.8, 4) is 0 Å². The first-order chi connectivity index (χ1) is 15.6. The second kappa shape index (κ2) is 10.0. The van der Waals surface area contributed by atoms with Gasteiger partial charge in [-0.05, 0) is 30.2 Å². The Kier molecular flexibility index (Phi) is 7.35. The molecule has 0 aromatic heterocycles. The minimum atomic E-state index is -2.10. The molecule has 0 saturated heterocycles. The molecule has 1 aliphatic rings. The Morgan fingerprint density at radius 2 is 1.73 bits per heavy atom. The van der Waals surface area contributed by atoms with Crippen molar-refractivity contribution in [2.75, 3.05) is 13.6 Å². The van der Waals surface area contributed by atoms with E-state index in [9.17, 15) is 28.3 Å². The van der Waals surface area contributed by atoms with Crippen LogP contribution in [0.3, 0.4) is 0 Å². The third-order valence-electron chi connectivity index (χ3n) is 5.45. The number of carbonyl (C=O) groups is 3. The first-order valence-corrected chi connectivity index (χ1v) is 10.3. The van der Waals surface area contributed by atoms with E-state index < -0.39 is 53.5 Å². The van der Waals surface area contributed by atoms with Gasteiger partial charge < -0.3 is 15.7 Å². The average Bonchev–Trinajstić information content (AvgIpc) is 2.92. The van der Waals surface area contributed by atoms with E-state index in [1.54, 1.807) is 42.5 Å². The number of aliphatic hydroxyl groups is 1. The van der Waals surface area contributed by atoms with Crippen molar-refractivity contribution < 1.29 is 28.3 Å². The standard InChI is InChI=1S/C24H25F2N3O4/c1-14(27)22(31)29(24(33)21(30)16-11-17(25)13-18(26)12-16)20-19(15-7-4-3-5-8-15)9-6-10-28(2)23(20)32/h3-9,11-14,19-21,30H,10,27H2,1-2H3/t14-,19-,20-,21+/m0/s1. The summed E-state index contributed by atoms with van der Waals surface area (Å²) in [5.41, 5.74) is 6.05. The highest BCUT2D eigenvalue weighted by Gasteiger charge is 2.44. The summed E-state index contributed by atoms with van der Waals surface area (Å²) < 4.78 is 27.4. The molecule has 33 heavy (non-hydrogen) atoms. The number of benzene rings is 2. The number of aliphatic hydroxyl groups excluding tert-OH is 1. The summed E-state index contributed by atoms with van der Waals surface area (Å²) in [4.78, 5) is 41.9. The van der Waals surface area contributed by atoms with Crippen LogP contribution in [-0.2, 0) is 14.4 Å². The number of nitrogens with two attached hydrogens (primary N) is 1. The smallest absolute Gasteiger partial charge is 0.263 e. The number of hydrogen-bond donors (Lipinski definition) is 2. The van der Waals surface area contributed by atoms with Gasteiger partial charge in [0.15, 0.2) is 6.10 Å². The lowest BCUT2D eigenvalue weighted by Gasteiger charge is -2.36.